The SMILES string of the molecule is Clc1ccc(CNc2ccc(Cl)c(Br)c2)cc1Cl. The number of nitrogens with one attached hydrogen (secondary N) is 1. The molecule has 2 aromatic rings. The average Bonchev–Trinajstić information content (AvgIpc) is 2.35. The van der Waals surface area contributed by atoms with Crippen LogP contribution >= 0.6 is 50.7 Å². The van der Waals surface area contributed by atoms with Crippen LogP contribution in [0.4, 0.5) is 5.69 Å². The summed E-state index contributed by atoms with van der Waals surface area (Å²) in [6.45, 7) is 0.672. The summed E-state index contributed by atoms with van der Waals surface area (Å²) in [5, 5.41) is 5.10. The molecule has 0 saturated carbocycles. The number of hydrogen-bond acceptors (Lipinski definition) is 1. The summed E-state index contributed by atoms with van der Waals surface area (Å²) in [5.41, 5.74) is 2.05. The smallest absolute Gasteiger partial charge is 0.0595 e. The van der Waals surface area contributed by atoms with Crippen LogP contribution in [0.15, 0.2) is 40.9 Å². The first-order valence-electron chi connectivity index (χ1n) is 5.19. The van der Waals surface area contributed by atoms with Crippen LogP contribution in [-0.2, 0) is 6.54 Å². The molecule has 1 N–H and O–H groups in total. The minimum absolute atomic E-state index is 0.563. The van der Waals surface area contributed by atoms with Crippen LogP contribution in [0.3, 0.4) is 0 Å². The highest BCUT2D eigenvalue weighted by Crippen LogP contribution is 2.26. The second-order valence-corrected chi connectivity index (χ2v) is 5.81. The maximum absolute atomic E-state index is 5.96. The van der Waals surface area contributed by atoms with Crippen LogP contribution < -0.4 is 5.32 Å². The van der Waals surface area contributed by atoms with Crippen LogP contribution in [0, 0.1) is 0 Å². The summed E-state index contributed by atoms with van der Waals surface area (Å²) >= 11 is 21.1. The van der Waals surface area contributed by atoms with E-state index in [1.165, 1.54) is 0 Å². The molecule has 0 atom stereocenters. The quantitative estimate of drug-likeness (QED) is 0.701. The van der Waals surface area contributed by atoms with E-state index in [2.05, 4.69) is 21.2 Å². The molecule has 0 amide bonds. The Hall–Kier alpha value is -0.410. The Bertz CT molecular complexity index is 521. The molecule has 0 saturated heterocycles. The standard InChI is InChI=1S/C13H9BrCl3N/c14-10-6-9(2-4-11(10)15)18-7-8-1-3-12(16)13(17)5-8/h1-6,18H,7H2. The Morgan fingerprint density at radius 3 is 2.28 bits per heavy atom. The molecule has 2 aromatic carbocycles. The van der Waals surface area contributed by atoms with Crippen molar-refractivity contribution in [1.29, 1.82) is 0 Å². The summed E-state index contributed by atoms with van der Waals surface area (Å²) in [6, 6.07) is 11.3. The van der Waals surface area contributed by atoms with Crippen LogP contribution in [0.2, 0.25) is 15.1 Å². The zero-order valence-corrected chi connectivity index (χ0v) is 13.0. The summed E-state index contributed by atoms with van der Waals surface area (Å²) in [6.07, 6.45) is 0. The second kappa shape index (κ2) is 6.16. The highest BCUT2D eigenvalue weighted by molar-refractivity contribution is 9.10. The number of benzene rings is 2. The lowest BCUT2D eigenvalue weighted by molar-refractivity contribution is 1.15. The van der Waals surface area contributed by atoms with Crippen molar-refractivity contribution in [3.8, 4) is 0 Å². The Balaban J connectivity index is 2.06. The molecule has 0 radical (unpaired) electrons. The molecule has 94 valence electrons. The van der Waals surface area contributed by atoms with Gasteiger partial charge in [0.25, 0.3) is 0 Å². The summed E-state index contributed by atoms with van der Waals surface area (Å²) in [5.74, 6) is 0. The molecule has 0 aliphatic rings. The molecule has 5 heteroatoms. The largest absolute Gasteiger partial charge is 0.381 e. The van der Waals surface area contributed by atoms with Gasteiger partial charge in [0, 0.05) is 16.7 Å². The predicted octanol–water partition coefficient (Wildman–Crippen LogP) is 6.02. The Labute approximate surface area is 129 Å². The van der Waals surface area contributed by atoms with Gasteiger partial charge in [-0.2, -0.15) is 0 Å². The maximum atomic E-state index is 5.96. The minimum Gasteiger partial charge on any atom is -0.381 e. The zero-order chi connectivity index (χ0) is 13.1. The van der Waals surface area contributed by atoms with E-state index in [1.54, 1.807) is 6.07 Å². The van der Waals surface area contributed by atoms with E-state index in [1.807, 2.05) is 30.3 Å². The van der Waals surface area contributed by atoms with E-state index in [-0.39, 0.29) is 0 Å². The van der Waals surface area contributed by atoms with Gasteiger partial charge in [0.15, 0.2) is 0 Å². The van der Waals surface area contributed by atoms with Crippen molar-refractivity contribution >= 4 is 56.4 Å². The molecule has 0 aliphatic carbocycles. The lowest BCUT2D eigenvalue weighted by atomic mass is 10.2. The molecule has 0 heterocycles. The van der Waals surface area contributed by atoms with Gasteiger partial charge in [-0.15, -0.1) is 0 Å². The van der Waals surface area contributed by atoms with E-state index < -0.39 is 0 Å². The zero-order valence-electron chi connectivity index (χ0n) is 9.18. The van der Waals surface area contributed by atoms with Crippen molar-refractivity contribution in [2.45, 2.75) is 6.54 Å². The second-order valence-electron chi connectivity index (χ2n) is 3.73. The third-order valence-corrected chi connectivity index (χ3v) is 4.35. The summed E-state index contributed by atoms with van der Waals surface area (Å²) < 4.78 is 0.864. The third-order valence-electron chi connectivity index (χ3n) is 2.40. The van der Waals surface area contributed by atoms with Crippen LogP contribution in [0.1, 0.15) is 5.56 Å². The molecule has 0 bridgehead atoms. The van der Waals surface area contributed by atoms with Crippen molar-refractivity contribution in [3.05, 3.63) is 61.5 Å². The van der Waals surface area contributed by atoms with E-state index >= 15 is 0 Å². The maximum Gasteiger partial charge on any atom is 0.0595 e. The number of halogens is 4. The van der Waals surface area contributed by atoms with Gasteiger partial charge in [-0.05, 0) is 51.8 Å². The van der Waals surface area contributed by atoms with Gasteiger partial charge in [0.2, 0.25) is 0 Å². The van der Waals surface area contributed by atoms with Crippen molar-refractivity contribution in [2.75, 3.05) is 5.32 Å². The monoisotopic (exact) mass is 363 g/mol. The Kier molecular flexibility index (Phi) is 4.79. The van der Waals surface area contributed by atoms with E-state index in [4.69, 9.17) is 34.8 Å². The van der Waals surface area contributed by atoms with Crippen LogP contribution in [0.5, 0.6) is 0 Å². The molecule has 1 nitrogen and oxygen atoms in total. The van der Waals surface area contributed by atoms with Crippen LogP contribution in [-0.4, -0.2) is 0 Å². The highest BCUT2D eigenvalue weighted by atomic mass is 79.9. The predicted molar refractivity (Wildman–Crippen MR) is 82.9 cm³/mol. The fraction of sp³-hybridized carbons (Fsp3) is 0.0769. The number of hydrogen-bond donors (Lipinski definition) is 1. The van der Waals surface area contributed by atoms with Gasteiger partial charge in [0.05, 0.1) is 15.1 Å². The molecule has 0 spiro atoms. The molecule has 2 rings (SSSR count). The highest BCUT2D eigenvalue weighted by Gasteiger charge is 2.01. The Morgan fingerprint density at radius 2 is 1.61 bits per heavy atom. The number of anilines is 1. The molecule has 0 aliphatic heterocycles. The number of rotatable bonds is 3. The fourth-order valence-corrected chi connectivity index (χ4v) is 2.28. The van der Waals surface area contributed by atoms with Crippen molar-refractivity contribution in [2.24, 2.45) is 0 Å². The van der Waals surface area contributed by atoms with Crippen LogP contribution in [0.25, 0.3) is 0 Å². The van der Waals surface area contributed by atoms with Gasteiger partial charge < -0.3 is 5.32 Å². The third kappa shape index (κ3) is 3.55. The first-order chi connectivity index (χ1) is 8.56. The van der Waals surface area contributed by atoms with Crippen molar-refractivity contribution in [3.63, 3.8) is 0 Å². The van der Waals surface area contributed by atoms with E-state index in [9.17, 15) is 0 Å². The van der Waals surface area contributed by atoms with Gasteiger partial charge >= 0.3 is 0 Å². The Morgan fingerprint density at radius 1 is 0.889 bits per heavy atom. The van der Waals surface area contributed by atoms with Gasteiger partial charge in [-0.25, -0.2) is 0 Å². The van der Waals surface area contributed by atoms with Gasteiger partial charge in [-0.3, -0.25) is 0 Å². The minimum atomic E-state index is 0.563. The van der Waals surface area contributed by atoms with Crippen molar-refractivity contribution in [1.82, 2.24) is 0 Å². The van der Waals surface area contributed by atoms with E-state index in [0.29, 0.717) is 21.6 Å². The summed E-state index contributed by atoms with van der Waals surface area (Å²) in [7, 11) is 0. The topological polar surface area (TPSA) is 12.0 Å². The molecular weight excluding hydrogens is 356 g/mol. The molecule has 0 aromatic heterocycles. The first-order valence-corrected chi connectivity index (χ1v) is 7.12. The molecule has 0 unspecified atom stereocenters. The molecule has 18 heavy (non-hydrogen) atoms. The normalized spacial score (nSPS) is 10.4. The van der Waals surface area contributed by atoms with E-state index in [0.717, 1.165) is 15.7 Å². The lowest BCUT2D eigenvalue weighted by Crippen LogP contribution is -1.99. The molecule has 0 fully saturated rings. The fourth-order valence-electron chi connectivity index (χ4n) is 1.46. The van der Waals surface area contributed by atoms with Gasteiger partial charge in [-0.1, -0.05) is 40.9 Å². The van der Waals surface area contributed by atoms with Gasteiger partial charge in [0.1, 0.15) is 0 Å². The summed E-state index contributed by atoms with van der Waals surface area (Å²) in [4.78, 5) is 0. The van der Waals surface area contributed by atoms with Crippen molar-refractivity contribution < 1.29 is 0 Å². The average molecular weight is 365 g/mol. The first kappa shape index (κ1) is 14.0. The lowest BCUT2D eigenvalue weighted by Gasteiger charge is -2.08. The molecular formula is C13H9BrCl3N.